The average molecular weight is 448 g/mol. The summed E-state index contributed by atoms with van der Waals surface area (Å²) in [7, 11) is 2.15. The van der Waals surface area contributed by atoms with Crippen LogP contribution in [-0.4, -0.2) is 53.9 Å². The topological polar surface area (TPSA) is 61.4 Å². The van der Waals surface area contributed by atoms with Gasteiger partial charge < -0.3 is 15.1 Å². The van der Waals surface area contributed by atoms with E-state index in [0.29, 0.717) is 23.2 Å². The summed E-state index contributed by atoms with van der Waals surface area (Å²) in [4.78, 5) is 25.4. The first-order valence-corrected chi connectivity index (χ1v) is 11.0. The van der Waals surface area contributed by atoms with Crippen LogP contribution in [-0.2, 0) is 11.2 Å². The highest BCUT2D eigenvalue weighted by Crippen LogP contribution is 2.26. The van der Waals surface area contributed by atoms with Crippen molar-refractivity contribution in [1.82, 2.24) is 14.9 Å². The Morgan fingerprint density at radius 3 is 2.66 bits per heavy atom. The standard InChI is InChI=1S/C25H26ClN5O/c1-3-22(32)15-18-6-4-7-19(14-18)23-17-24(26)29-25(28-23)27-20-8-5-9-21(16-20)31-12-10-30(2)11-13-31/h3-9,14,16-17H,1,10-13,15H2,2H3,(H,27,28,29). The van der Waals surface area contributed by atoms with Gasteiger partial charge in [-0.25, -0.2) is 9.97 Å². The first-order chi connectivity index (χ1) is 15.5. The van der Waals surface area contributed by atoms with E-state index in [1.54, 1.807) is 6.07 Å². The van der Waals surface area contributed by atoms with Crippen LogP contribution in [0.3, 0.4) is 0 Å². The number of piperazine rings is 1. The lowest BCUT2D eigenvalue weighted by molar-refractivity contribution is -0.114. The molecule has 4 rings (SSSR count). The van der Waals surface area contributed by atoms with E-state index in [4.69, 9.17) is 11.6 Å². The Bertz CT molecular complexity index is 1120. The van der Waals surface area contributed by atoms with Gasteiger partial charge in [0.2, 0.25) is 5.95 Å². The molecule has 2 aromatic carbocycles. The number of aromatic nitrogens is 2. The summed E-state index contributed by atoms with van der Waals surface area (Å²) in [6, 6.07) is 17.7. The quantitative estimate of drug-likeness (QED) is 0.422. The molecule has 7 heteroatoms. The molecule has 1 aromatic heterocycles. The summed E-state index contributed by atoms with van der Waals surface area (Å²) in [5.74, 6) is 0.404. The minimum absolute atomic E-state index is 0.0227. The van der Waals surface area contributed by atoms with E-state index in [1.807, 2.05) is 36.4 Å². The molecule has 0 aliphatic carbocycles. The fourth-order valence-corrected chi connectivity index (χ4v) is 3.89. The Kier molecular flexibility index (Phi) is 6.83. The minimum Gasteiger partial charge on any atom is -0.369 e. The van der Waals surface area contributed by atoms with Crippen LogP contribution in [0, 0.1) is 0 Å². The first kappa shape index (κ1) is 22.0. The van der Waals surface area contributed by atoms with Crippen molar-refractivity contribution in [2.24, 2.45) is 0 Å². The van der Waals surface area contributed by atoms with Gasteiger partial charge in [0.1, 0.15) is 5.15 Å². The van der Waals surface area contributed by atoms with Crippen LogP contribution in [0.2, 0.25) is 5.15 Å². The first-order valence-electron chi connectivity index (χ1n) is 10.6. The van der Waals surface area contributed by atoms with Gasteiger partial charge in [-0.1, -0.05) is 42.4 Å². The van der Waals surface area contributed by atoms with Crippen molar-refractivity contribution in [3.05, 3.63) is 78.0 Å². The third-order valence-electron chi connectivity index (χ3n) is 5.49. The lowest BCUT2D eigenvalue weighted by Gasteiger charge is -2.34. The Morgan fingerprint density at radius 2 is 1.88 bits per heavy atom. The number of carbonyl (C=O) groups is 1. The second kappa shape index (κ2) is 9.94. The SMILES string of the molecule is C=CC(=O)Cc1cccc(-c2cc(Cl)nc(Nc3cccc(N4CCN(C)CC4)c3)n2)c1. The average Bonchev–Trinajstić information content (AvgIpc) is 2.79. The molecule has 1 saturated heterocycles. The van der Waals surface area contributed by atoms with Crippen LogP contribution in [0.15, 0.2) is 67.3 Å². The molecule has 1 N–H and O–H groups in total. The number of anilines is 3. The minimum atomic E-state index is -0.0227. The number of hydrogen-bond acceptors (Lipinski definition) is 6. The van der Waals surface area contributed by atoms with Crippen LogP contribution in [0.4, 0.5) is 17.3 Å². The molecule has 6 nitrogen and oxygen atoms in total. The van der Waals surface area contributed by atoms with Crippen molar-refractivity contribution >= 4 is 34.7 Å². The number of ketones is 1. The zero-order valence-electron chi connectivity index (χ0n) is 18.1. The summed E-state index contributed by atoms with van der Waals surface area (Å²) in [6.07, 6.45) is 1.65. The van der Waals surface area contributed by atoms with E-state index in [9.17, 15) is 4.79 Å². The summed E-state index contributed by atoms with van der Waals surface area (Å²) in [5, 5.41) is 3.64. The highest BCUT2D eigenvalue weighted by atomic mass is 35.5. The number of carbonyl (C=O) groups excluding carboxylic acids is 1. The zero-order valence-corrected chi connectivity index (χ0v) is 18.8. The van der Waals surface area contributed by atoms with E-state index in [-0.39, 0.29) is 5.78 Å². The van der Waals surface area contributed by atoms with Crippen molar-refractivity contribution in [3.8, 4) is 11.3 Å². The summed E-state index contributed by atoms with van der Waals surface area (Å²) >= 11 is 6.31. The third-order valence-corrected chi connectivity index (χ3v) is 5.69. The van der Waals surface area contributed by atoms with Gasteiger partial charge in [-0.15, -0.1) is 0 Å². The monoisotopic (exact) mass is 447 g/mol. The number of hydrogen-bond donors (Lipinski definition) is 1. The van der Waals surface area contributed by atoms with Crippen LogP contribution >= 0.6 is 11.6 Å². The van der Waals surface area contributed by atoms with Gasteiger partial charge in [0.05, 0.1) is 5.69 Å². The Balaban J connectivity index is 1.55. The molecule has 0 unspecified atom stereocenters. The molecule has 1 aliphatic rings. The predicted molar refractivity (Wildman–Crippen MR) is 131 cm³/mol. The number of likely N-dealkylation sites (N-methyl/N-ethyl adjacent to an activating group) is 1. The molecule has 32 heavy (non-hydrogen) atoms. The van der Waals surface area contributed by atoms with Crippen molar-refractivity contribution in [3.63, 3.8) is 0 Å². The second-order valence-electron chi connectivity index (χ2n) is 7.91. The smallest absolute Gasteiger partial charge is 0.229 e. The van der Waals surface area contributed by atoms with E-state index in [1.165, 1.54) is 11.8 Å². The van der Waals surface area contributed by atoms with Crippen molar-refractivity contribution < 1.29 is 4.79 Å². The molecular formula is C25H26ClN5O. The molecule has 3 aromatic rings. The molecule has 0 saturated carbocycles. The summed E-state index contributed by atoms with van der Waals surface area (Å²) in [6.45, 7) is 7.65. The Labute approximate surface area is 193 Å². The number of halogens is 1. The number of rotatable bonds is 7. The van der Waals surface area contributed by atoms with Crippen molar-refractivity contribution in [2.45, 2.75) is 6.42 Å². The van der Waals surface area contributed by atoms with E-state index >= 15 is 0 Å². The number of allylic oxidation sites excluding steroid dienone is 1. The zero-order chi connectivity index (χ0) is 22.5. The van der Waals surface area contributed by atoms with Gasteiger partial charge in [-0.3, -0.25) is 4.79 Å². The van der Waals surface area contributed by atoms with E-state index in [2.05, 4.69) is 50.8 Å². The third kappa shape index (κ3) is 5.52. The highest BCUT2D eigenvalue weighted by Gasteiger charge is 2.15. The normalized spacial score (nSPS) is 14.2. The van der Waals surface area contributed by atoms with Gasteiger partial charge >= 0.3 is 0 Å². The molecule has 1 fully saturated rings. The van der Waals surface area contributed by atoms with Gasteiger partial charge in [-0.05, 0) is 43.0 Å². The molecular weight excluding hydrogens is 422 g/mol. The lowest BCUT2D eigenvalue weighted by atomic mass is 10.0. The van der Waals surface area contributed by atoms with Crippen LogP contribution in [0.1, 0.15) is 5.56 Å². The number of nitrogens with one attached hydrogen (secondary N) is 1. The number of benzene rings is 2. The van der Waals surface area contributed by atoms with Crippen molar-refractivity contribution in [1.29, 1.82) is 0 Å². The molecule has 0 spiro atoms. The van der Waals surface area contributed by atoms with Gasteiger partial charge in [0.25, 0.3) is 0 Å². The second-order valence-corrected chi connectivity index (χ2v) is 8.30. The maximum absolute atomic E-state index is 11.7. The fourth-order valence-electron chi connectivity index (χ4n) is 3.71. The molecule has 0 radical (unpaired) electrons. The maximum atomic E-state index is 11.7. The molecule has 1 aliphatic heterocycles. The summed E-state index contributed by atoms with van der Waals surface area (Å²) in [5.41, 5.74) is 4.54. The molecule has 164 valence electrons. The summed E-state index contributed by atoms with van der Waals surface area (Å²) < 4.78 is 0. The Hall–Kier alpha value is -3.22. The lowest BCUT2D eigenvalue weighted by Crippen LogP contribution is -2.44. The van der Waals surface area contributed by atoms with E-state index in [0.717, 1.165) is 43.0 Å². The number of nitrogens with zero attached hydrogens (tertiary/aromatic N) is 4. The molecule has 0 atom stereocenters. The molecule has 2 heterocycles. The van der Waals surface area contributed by atoms with Gasteiger partial charge in [0.15, 0.2) is 5.78 Å². The largest absolute Gasteiger partial charge is 0.369 e. The van der Waals surface area contributed by atoms with Gasteiger partial charge in [-0.2, -0.15) is 0 Å². The maximum Gasteiger partial charge on any atom is 0.229 e. The predicted octanol–water partition coefficient (Wildman–Crippen LogP) is 4.59. The fraction of sp³-hybridized carbons (Fsp3) is 0.240. The van der Waals surface area contributed by atoms with E-state index < -0.39 is 0 Å². The Morgan fingerprint density at radius 1 is 1.09 bits per heavy atom. The molecule has 0 amide bonds. The van der Waals surface area contributed by atoms with Crippen LogP contribution in [0.25, 0.3) is 11.3 Å². The van der Waals surface area contributed by atoms with Crippen molar-refractivity contribution in [2.75, 3.05) is 43.4 Å². The van der Waals surface area contributed by atoms with Gasteiger partial charge in [0, 0.05) is 55.6 Å². The van der Waals surface area contributed by atoms with Crippen LogP contribution in [0.5, 0.6) is 0 Å². The van der Waals surface area contributed by atoms with Crippen LogP contribution < -0.4 is 10.2 Å². The molecule has 0 bridgehead atoms. The highest BCUT2D eigenvalue weighted by molar-refractivity contribution is 6.29.